The van der Waals surface area contributed by atoms with Crippen molar-refractivity contribution < 1.29 is 8.81 Å². The molecule has 0 saturated carbocycles. The van der Waals surface area contributed by atoms with Crippen LogP contribution in [0.2, 0.25) is 0 Å². The predicted octanol–water partition coefficient (Wildman–Crippen LogP) is 2.72. The average Bonchev–Trinajstić information content (AvgIpc) is 2.80. The SMILES string of the molecule is Cc1ccc(F)c(-c2nnc(CCNC(C)C)o2)c1. The van der Waals surface area contributed by atoms with Gasteiger partial charge in [0.05, 0.1) is 5.56 Å². The molecule has 0 atom stereocenters. The number of rotatable bonds is 5. The van der Waals surface area contributed by atoms with E-state index in [0.717, 1.165) is 12.1 Å². The lowest BCUT2D eigenvalue weighted by Gasteiger charge is -2.04. The number of aryl methyl sites for hydroxylation is 1. The van der Waals surface area contributed by atoms with E-state index in [-0.39, 0.29) is 11.7 Å². The highest BCUT2D eigenvalue weighted by molar-refractivity contribution is 5.54. The van der Waals surface area contributed by atoms with E-state index in [1.54, 1.807) is 12.1 Å². The molecule has 2 rings (SSSR count). The van der Waals surface area contributed by atoms with Gasteiger partial charge in [0.15, 0.2) is 0 Å². The molecule has 0 spiro atoms. The number of nitrogens with one attached hydrogen (secondary N) is 1. The molecular formula is C14H18FN3O. The quantitative estimate of drug-likeness (QED) is 0.901. The summed E-state index contributed by atoms with van der Waals surface area (Å²) in [6, 6.07) is 5.24. The first-order valence-electron chi connectivity index (χ1n) is 6.38. The smallest absolute Gasteiger partial charge is 0.250 e. The standard InChI is InChI=1S/C14H18FN3O/c1-9(2)16-7-6-13-17-18-14(19-13)11-8-10(3)4-5-12(11)15/h4-5,8-9,16H,6-7H2,1-3H3. The minimum atomic E-state index is -0.346. The number of hydrogen-bond acceptors (Lipinski definition) is 4. The van der Waals surface area contributed by atoms with Crippen molar-refractivity contribution in [1.82, 2.24) is 15.5 Å². The molecule has 0 bridgehead atoms. The van der Waals surface area contributed by atoms with E-state index in [1.807, 2.05) is 6.92 Å². The van der Waals surface area contributed by atoms with Crippen LogP contribution in [-0.4, -0.2) is 22.8 Å². The second-order valence-electron chi connectivity index (χ2n) is 4.84. The molecule has 0 unspecified atom stereocenters. The van der Waals surface area contributed by atoms with Gasteiger partial charge >= 0.3 is 0 Å². The number of hydrogen-bond donors (Lipinski definition) is 1. The van der Waals surface area contributed by atoms with Gasteiger partial charge in [0.25, 0.3) is 5.89 Å². The van der Waals surface area contributed by atoms with E-state index in [9.17, 15) is 4.39 Å². The van der Waals surface area contributed by atoms with E-state index in [1.165, 1.54) is 6.07 Å². The van der Waals surface area contributed by atoms with Crippen LogP contribution in [0, 0.1) is 12.7 Å². The molecule has 0 fully saturated rings. The van der Waals surface area contributed by atoms with E-state index in [4.69, 9.17) is 4.42 Å². The van der Waals surface area contributed by atoms with Crippen LogP contribution < -0.4 is 5.32 Å². The molecule has 1 heterocycles. The molecule has 0 radical (unpaired) electrons. The van der Waals surface area contributed by atoms with Crippen LogP contribution in [0.25, 0.3) is 11.5 Å². The molecule has 19 heavy (non-hydrogen) atoms. The maximum atomic E-state index is 13.7. The maximum absolute atomic E-state index is 13.7. The molecule has 0 saturated heterocycles. The number of nitrogens with zero attached hydrogens (tertiary/aromatic N) is 2. The zero-order valence-electron chi connectivity index (χ0n) is 11.4. The van der Waals surface area contributed by atoms with E-state index >= 15 is 0 Å². The Morgan fingerprint density at radius 1 is 1.32 bits per heavy atom. The third-order valence-corrected chi connectivity index (χ3v) is 2.71. The Hall–Kier alpha value is -1.75. The van der Waals surface area contributed by atoms with Crippen LogP contribution in [0.15, 0.2) is 22.6 Å². The molecule has 1 N–H and O–H groups in total. The summed E-state index contributed by atoms with van der Waals surface area (Å²) >= 11 is 0. The Labute approximate surface area is 112 Å². The second kappa shape index (κ2) is 5.93. The molecule has 1 aromatic carbocycles. The molecule has 2 aromatic rings. The second-order valence-corrected chi connectivity index (χ2v) is 4.84. The number of benzene rings is 1. The largest absolute Gasteiger partial charge is 0.421 e. The summed E-state index contributed by atoms with van der Waals surface area (Å²) in [6.45, 7) is 6.80. The van der Waals surface area contributed by atoms with Crippen molar-refractivity contribution in [2.45, 2.75) is 33.2 Å². The maximum Gasteiger partial charge on any atom is 0.250 e. The van der Waals surface area contributed by atoms with Crippen molar-refractivity contribution in [3.63, 3.8) is 0 Å². The van der Waals surface area contributed by atoms with Gasteiger partial charge in [-0.1, -0.05) is 25.5 Å². The van der Waals surface area contributed by atoms with Gasteiger partial charge in [0.1, 0.15) is 5.82 Å². The molecule has 0 aliphatic heterocycles. The first-order valence-corrected chi connectivity index (χ1v) is 6.38. The first kappa shape index (κ1) is 13.7. The molecule has 1 aromatic heterocycles. The van der Waals surface area contributed by atoms with Gasteiger partial charge in [-0.3, -0.25) is 0 Å². The highest BCUT2D eigenvalue weighted by atomic mass is 19.1. The zero-order valence-corrected chi connectivity index (χ0v) is 11.4. The average molecular weight is 263 g/mol. The normalized spacial score (nSPS) is 11.2. The van der Waals surface area contributed by atoms with E-state index in [0.29, 0.717) is 23.9 Å². The monoisotopic (exact) mass is 263 g/mol. The highest BCUT2D eigenvalue weighted by Crippen LogP contribution is 2.22. The summed E-state index contributed by atoms with van der Waals surface area (Å²) < 4.78 is 19.2. The molecule has 5 heteroatoms. The van der Waals surface area contributed by atoms with Crippen molar-refractivity contribution in [3.8, 4) is 11.5 Å². The molecule has 0 aliphatic rings. The summed E-state index contributed by atoms with van der Waals surface area (Å²) in [6.07, 6.45) is 0.638. The minimum Gasteiger partial charge on any atom is -0.421 e. The number of halogens is 1. The van der Waals surface area contributed by atoms with Crippen molar-refractivity contribution >= 4 is 0 Å². The Morgan fingerprint density at radius 2 is 2.11 bits per heavy atom. The Balaban J connectivity index is 2.10. The van der Waals surface area contributed by atoms with Crippen molar-refractivity contribution in [2.24, 2.45) is 0 Å². The van der Waals surface area contributed by atoms with Crippen molar-refractivity contribution in [3.05, 3.63) is 35.5 Å². The lowest BCUT2D eigenvalue weighted by atomic mass is 10.1. The van der Waals surface area contributed by atoms with Crippen LogP contribution in [-0.2, 0) is 6.42 Å². The van der Waals surface area contributed by atoms with Gasteiger partial charge in [0, 0.05) is 19.0 Å². The topological polar surface area (TPSA) is 51.0 Å². The predicted molar refractivity (Wildman–Crippen MR) is 71.3 cm³/mol. The molecular weight excluding hydrogens is 245 g/mol. The Kier molecular flexibility index (Phi) is 4.27. The lowest BCUT2D eigenvalue weighted by Crippen LogP contribution is -2.25. The third-order valence-electron chi connectivity index (χ3n) is 2.71. The summed E-state index contributed by atoms with van der Waals surface area (Å²) in [7, 11) is 0. The molecule has 102 valence electrons. The van der Waals surface area contributed by atoms with Gasteiger partial charge in [-0.2, -0.15) is 0 Å². The fourth-order valence-electron chi connectivity index (χ4n) is 1.73. The van der Waals surface area contributed by atoms with Crippen LogP contribution in [0.5, 0.6) is 0 Å². The van der Waals surface area contributed by atoms with Crippen LogP contribution in [0.3, 0.4) is 0 Å². The Morgan fingerprint density at radius 3 is 2.84 bits per heavy atom. The van der Waals surface area contributed by atoms with Crippen LogP contribution in [0.1, 0.15) is 25.3 Å². The van der Waals surface area contributed by atoms with Crippen LogP contribution >= 0.6 is 0 Å². The summed E-state index contributed by atoms with van der Waals surface area (Å²) in [4.78, 5) is 0. The summed E-state index contributed by atoms with van der Waals surface area (Å²) in [5.41, 5.74) is 1.31. The molecule has 0 aliphatic carbocycles. The fraction of sp³-hybridized carbons (Fsp3) is 0.429. The lowest BCUT2D eigenvalue weighted by molar-refractivity contribution is 0.481. The third kappa shape index (κ3) is 3.61. The van der Waals surface area contributed by atoms with Gasteiger partial charge in [-0.25, -0.2) is 4.39 Å². The van der Waals surface area contributed by atoms with Gasteiger partial charge in [-0.15, -0.1) is 10.2 Å². The van der Waals surface area contributed by atoms with E-state index in [2.05, 4.69) is 29.4 Å². The van der Waals surface area contributed by atoms with Crippen molar-refractivity contribution in [2.75, 3.05) is 6.54 Å². The van der Waals surface area contributed by atoms with Gasteiger partial charge in [-0.05, 0) is 19.1 Å². The molecule has 0 amide bonds. The summed E-state index contributed by atoms with van der Waals surface area (Å²) in [5, 5.41) is 11.1. The number of aromatic nitrogens is 2. The Bertz CT molecular complexity index is 551. The molecule has 4 nitrogen and oxygen atoms in total. The van der Waals surface area contributed by atoms with Crippen LogP contribution in [0.4, 0.5) is 4.39 Å². The fourth-order valence-corrected chi connectivity index (χ4v) is 1.73. The summed E-state index contributed by atoms with van der Waals surface area (Å²) in [5.74, 6) is 0.408. The van der Waals surface area contributed by atoms with E-state index < -0.39 is 0 Å². The van der Waals surface area contributed by atoms with Gasteiger partial charge < -0.3 is 9.73 Å². The first-order chi connectivity index (χ1) is 9.06. The zero-order chi connectivity index (χ0) is 13.8. The minimum absolute atomic E-state index is 0.237. The van der Waals surface area contributed by atoms with Crippen molar-refractivity contribution in [1.29, 1.82) is 0 Å². The highest BCUT2D eigenvalue weighted by Gasteiger charge is 2.13. The van der Waals surface area contributed by atoms with Gasteiger partial charge in [0.2, 0.25) is 5.89 Å².